The summed E-state index contributed by atoms with van der Waals surface area (Å²) in [6.45, 7) is 0. The van der Waals surface area contributed by atoms with Crippen molar-refractivity contribution in [3.63, 3.8) is 0 Å². The molecule has 12 aromatic rings. The number of nitrogens with zero attached hydrogens (tertiary/aromatic N) is 2. The normalized spacial score (nSPS) is 11.1. The maximum atomic E-state index is 2.33. The third-order valence-electron chi connectivity index (χ3n) is 14.1. The van der Waals surface area contributed by atoms with Crippen molar-refractivity contribution in [3.05, 3.63) is 327 Å². The summed E-state index contributed by atoms with van der Waals surface area (Å²) in [5.74, 6) is 0. The van der Waals surface area contributed by atoms with Gasteiger partial charge in [-0.05, 0) is 151 Å². The van der Waals surface area contributed by atoms with Gasteiger partial charge in [-0.1, -0.05) is 255 Å². The molecule has 0 saturated carbocycles. The van der Waals surface area contributed by atoms with Gasteiger partial charge in [0.25, 0.3) is 0 Å². The van der Waals surface area contributed by atoms with E-state index in [9.17, 15) is 0 Å². The van der Waals surface area contributed by atoms with E-state index in [0.717, 1.165) is 45.3 Å². The van der Waals surface area contributed by atoms with Crippen LogP contribution in [-0.2, 0) is 0 Å². The van der Waals surface area contributed by atoms with Crippen molar-refractivity contribution in [1.82, 2.24) is 0 Å². The zero-order valence-corrected chi connectivity index (χ0v) is 42.1. The first-order valence-corrected chi connectivity index (χ1v) is 26.0. The third kappa shape index (κ3) is 10.6. The maximum absolute atomic E-state index is 2.33. The van der Waals surface area contributed by atoms with Gasteiger partial charge in [-0.3, -0.25) is 0 Å². The summed E-state index contributed by atoms with van der Waals surface area (Å²) in [6, 6.07) is 113. The highest BCUT2D eigenvalue weighted by Crippen LogP contribution is 2.40. The van der Waals surface area contributed by atoms with E-state index in [1.165, 1.54) is 66.8 Å². The lowest BCUT2D eigenvalue weighted by molar-refractivity contribution is 1.28. The summed E-state index contributed by atoms with van der Waals surface area (Å²) < 4.78 is 0. The molecule has 0 bridgehead atoms. The second-order valence-electron chi connectivity index (χ2n) is 19.0. The van der Waals surface area contributed by atoms with Crippen LogP contribution >= 0.6 is 0 Å². The lowest BCUT2D eigenvalue weighted by Crippen LogP contribution is -2.09. The minimum atomic E-state index is 1.10. The fourth-order valence-electron chi connectivity index (χ4n) is 10.0. The molecule has 360 valence electrons. The first-order valence-electron chi connectivity index (χ1n) is 26.0. The fraction of sp³-hybridized carbons (Fsp3) is 0. The van der Waals surface area contributed by atoms with Crippen molar-refractivity contribution in [2.45, 2.75) is 0 Å². The summed E-state index contributed by atoms with van der Waals surface area (Å²) in [5, 5.41) is 0. The predicted octanol–water partition coefficient (Wildman–Crippen LogP) is 20.8. The minimum absolute atomic E-state index is 1.10. The molecule has 0 spiro atoms. The van der Waals surface area contributed by atoms with E-state index in [2.05, 4.69) is 337 Å². The molecule has 0 N–H and O–H groups in total. The molecular formula is C74H54N2. The third-order valence-corrected chi connectivity index (χ3v) is 14.1. The molecule has 0 fully saturated rings. The summed E-state index contributed by atoms with van der Waals surface area (Å²) in [5.41, 5.74) is 23.2. The number of rotatable bonds is 14. The zero-order chi connectivity index (χ0) is 50.9. The van der Waals surface area contributed by atoms with Crippen molar-refractivity contribution in [2.24, 2.45) is 0 Å². The van der Waals surface area contributed by atoms with Crippen LogP contribution in [0.15, 0.2) is 315 Å². The van der Waals surface area contributed by atoms with Gasteiger partial charge in [-0.15, -0.1) is 0 Å². The fourth-order valence-corrected chi connectivity index (χ4v) is 10.0. The Kier molecular flexibility index (Phi) is 13.6. The molecule has 2 heteroatoms. The zero-order valence-electron chi connectivity index (χ0n) is 42.1. The lowest BCUT2D eigenvalue weighted by atomic mass is 10.0. The van der Waals surface area contributed by atoms with Crippen LogP contribution < -0.4 is 9.80 Å². The van der Waals surface area contributed by atoms with Crippen LogP contribution in [0.3, 0.4) is 0 Å². The first-order chi connectivity index (χ1) is 37.6. The Morgan fingerprint density at radius 2 is 0.289 bits per heavy atom. The molecule has 0 aliphatic heterocycles. The maximum Gasteiger partial charge on any atom is 0.0462 e. The Bertz CT molecular complexity index is 3370. The first kappa shape index (κ1) is 47.0. The van der Waals surface area contributed by atoms with Gasteiger partial charge in [0.05, 0.1) is 0 Å². The van der Waals surface area contributed by atoms with E-state index in [4.69, 9.17) is 0 Å². The standard InChI is InChI=1S/C74H54N2/c1-5-13-57(14-6-1)63-31-43-69(44-32-63)75(70-45-33-64(34-46-70)58-15-7-2-8-16-58)73-51-39-67(40-52-73)61-27-23-55(24-28-61)21-22-56-25-29-62(30-26-56)68-41-53-74(54-42-68)76(71-47-35-65(36-48-71)59-17-9-3-10-18-59)72-49-37-66(38-50-72)60-19-11-4-12-20-60/h1-54H/b22-21+. The smallest absolute Gasteiger partial charge is 0.0462 e. The van der Waals surface area contributed by atoms with Gasteiger partial charge in [0, 0.05) is 34.1 Å². The summed E-state index contributed by atoms with van der Waals surface area (Å²) in [7, 11) is 0. The average Bonchev–Trinajstić information content (AvgIpc) is 3.52. The molecule has 0 aliphatic carbocycles. The van der Waals surface area contributed by atoms with Gasteiger partial charge in [-0.25, -0.2) is 0 Å². The molecule has 0 saturated heterocycles. The number of hydrogen-bond acceptors (Lipinski definition) is 2. The largest absolute Gasteiger partial charge is 0.311 e. The van der Waals surface area contributed by atoms with Gasteiger partial charge < -0.3 is 9.80 Å². The molecule has 0 radical (unpaired) electrons. The second kappa shape index (κ2) is 22.0. The van der Waals surface area contributed by atoms with E-state index in [0.29, 0.717) is 0 Å². The minimum Gasteiger partial charge on any atom is -0.311 e. The average molecular weight is 971 g/mol. The molecule has 0 heterocycles. The predicted molar refractivity (Wildman–Crippen MR) is 324 cm³/mol. The molecule has 0 unspecified atom stereocenters. The summed E-state index contributed by atoms with van der Waals surface area (Å²) in [6.07, 6.45) is 4.38. The molecular weight excluding hydrogens is 917 g/mol. The van der Waals surface area contributed by atoms with Crippen LogP contribution in [0.5, 0.6) is 0 Å². The van der Waals surface area contributed by atoms with Gasteiger partial charge in [-0.2, -0.15) is 0 Å². The van der Waals surface area contributed by atoms with Crippen LogP contribution in [0.25, 0.3) is 78.9 Å². The Labute approximate surface area is 447 Å². The highest BCUT2D eigenvalue weighted by molar-refractivity contribution is 5.84. The second-order valence-corrected chi connectivity index (χ2v) is 19.0. The van der Waals surface area contributed by atoms with Gasteiger partial charge in [0.2, 0.25) is 0 Å². The van der Waals surface area contributed by atoms with Crippen molar-refractivity contribution in [1.29, 1.82) is 0 Å². The number of benzene rings is 12. The Hall–Kier alpha value is -10.0. The summed E-state index contributed by atoms with van der Waals surface area (Å²) >= 11 is 0. The molecule has 0 atom stereocenters. The monoisotopic (exact) mass is 970 g/mol. The highest BCUT2D eigenvalue weighted by atomic mass is 15.1. The lowest BCUT2D eigenvalue weighted by Gasteiger charge is -2.26. The molecule has 0 aliphatic rings. The van der Waals surface area contributed by atoms with Crippen LogP contribution in [0, 0.1) is 0 Å². The molecule has 12 rings (SSSR count). The van der Waals surface area contributed by atoms with E-state index in [1.54, 1.807) is 0 Å². The van der Waals surface area contributed by atoms with Crippen molar-refractivity contribution in [3.8, 4) is 66.8 Å². The molecule has 2 nitrogen and oxygen atoms in total. The Balaban J connectivity index is 0.735. The SMILES string of the molecule is C(=C\c1ccc(-c2ccc(N(c3ccc(-c4ccccc4)cc3)c3ccc(-c4ccccc4)cc3)cc2)cc1)/c1ccc(-c2ccc(N(c3ccc(-c4ccccc4)cc3)c3ccc(-c4ccccc4)cc3)cc2)cc1. The van der Waals surface area contributed by atoms with Crippen molar-refractivity contribution in [2.75, 3.05) is 9.80 Å². The van der Waals surface area contributed by atoms with Crippen LogP contribution in [0.1, 0.15) is 11.1 Å². The van der Waals surface area contributed by atoms with Crippen molar-refractivity contribution < 1.29 is 0 Å². The topological polar surface area (TPSA) is 6.48 Å². The van der Waals surface area contributed by atoms with E-state index >= 15 is 0 Å². The molecule has 76 heavy (non-hydrogen) atoms. The molecule has 0 aromatic heterocycles. The number of hydrogen-bond donors (Lipinski definition) is 0. The van der Waals surface area contributed by atoms with Crippen LogP contribution in [-0.4, -0.2) is 0 Å². The van der Waals surface area contributed by atoms with Crippen LogP contribution in [0.2, 0.25) is 0 Å². The number of anilines is 6. The van der Waals surface area contributed by atoms with Crippen molar-refractivity contribution >= 4 is 46.3 Å². The van der Waals surface area contributed by atoms with E-state index < -0.39 is 0 Å². The Morgan fingerprint density at radius 1 is 0.145 bits per heavy atom. The van der Waals surface area contributed by atoms with Gasteiger partial charge in [0.15, 0.2) is 0 Å². The Morgan fingerprint density at radius 3 is 0.461 bits per heavy atom. The molecule has 12 aromatic carbocycles. The van der Waals surface area contributed by atoms with Gasteiger partial charge >= 0.3 is 0 Å². The molecule has 0 amide bonds. The highest BCUT2D eigenvalue weighted by Gasteiger charge is 2.16. The van der Waals surface area contributed by atoms with Crippen LogP contribution in [0.4, 0.5) is 34.1 Å². The van der Waals surface area contributed by atoms with E-state index in [-0.39, 0.29) is 0 Å². The van der Waals surface area contributed by atoms with E-state index in [1.807, 2.05) is 0 Å². The summed E-state index contributed by atoms with van der Waals surface area (Å²) in [4.78, 5) is 4.66. The quantitative estimate of drug-likeness (QED) is 0.100. The van der Waals surface area contributed by atoms with Gasteiger partial charge in [0.1, 0.15) is 0 Å².